The molecule has 1 atom stereocenters. The molecule has 0 fully saturated rings. The molecule has 0 heterocycles. The average molecular weight is 227 g/mol. The maximum absolute atomic E-state index is 13.5. The van der Waals surface area contributed by atoms with Gasteiger partial charge >= 0.3 is 0 Å². The predicted molar refractivity (Wildman–Crippen MR) is 60.9 cm³/mol. The van der Waals surface area contributed by atoms with Gasteiger partial charge in [-0.15, -0.1) is 0 Å². The van der Waals surface area contributed by atoms with Crippen LogP contribution < -0.4 is 5.32 Å². The van der Waals surface area contributed by atoms with Crippen molar-refractivity contribution in [3.8, 4) is 0 Å². The Hall–Kier alpha value is -0.970. The zero-order valence-electron chi connectivity index (χ0n) is 9.70. The molecule has 0 aliphatic rings. The molecule has 1 aromatic rings. The molecule has 0 bridgehead atoms. The van der Waals surface area contributed by atoms with Gasteiger partial charge in [0.1, 0.15) is 5.82 Å². The van der Waals surface area contributed by atoms with Crippen LogP contribution in [0.25, 0.3) is 0 Å². The topological polar surface area (TPSA) is 30.5 Å². The Bertz CT molecular complexity index is 307. The molecule has 0 amide bonds. The van der Waals surface area contributed by atoms with E-state index in [-0.39, 0.29) is 11.9 Å². The van der Waals surface area contributed by atoms with E-state index in [0.29, 0.717) is 25.4 Å². The summed E-state index contributed by atoms with van der Waals surface area (Å²) in [7, 11) is 3.41. The number of hydrogen-bond acceptors (Lipinski definition) is 3. The third-order valence-corrected chi connectivity index (χ3v) is 2.35. The molecule has 4 heteroatoms. The van der Waals surface area contributed by atoms with Gasteiger partial charge in [-0.05, 0) is 13.1 Å². The van der Waals surface area contributed by atoms with Crippen LogP contribution in [0.15, 0.2) is 24.3 Å². The van der Waals surface area contributed by atoms with Crippen LogP contribution in [-0.4, -0.2) is 34.0 Å². The molecule has 1 N–H and O–H groups in total. The summed E-state index contributed by atoms with van der Waals surface area (Å²) in [6, 6.07) is 6.58. The molecule has 90 valence electrons. The summed E-state index contributed by atoms with van der Waals surface area (Å²) >= 11 is 0. The van der Waals surface area contributed by atoms with Crippen molar-refractivity contribution in [2.45, 2.75) is 6.04 Å². The van der Waals surface area contributed by atoms with E-state index < -0.39 is 0 Å². The predicted octanol–water partition coefficient (Wildman–Crippen LogP) is 1.75. The third-order valence-electron chi connectivity index (χ3n) is 2.35. The van der Waals surface area contributed by atoms with Crippen LogP contribution in [0, 0.1) is 5.82 Å². The molecule has 0 saturated heterocycles. The first kappa shape index (κ1) is 13.1. The van der Waals surface area contributed by atoms with Gasteiger partial charge < -0.3 is 14.8 Å². The highest BCUT2D eigenvalue weighted by molar-refractivity contribution is 5.21. The Balaban J connectivity index is 2.51. The van der Waals surface area contributed by atoms with E-state index in [2.05, 4.69) is 5.32 Å². The molecular formula is C12H18FNO2. The van der Waals surface area contributed by atoms with Crippen LogP contribution in [-0.2, 0) is 9.47 Å². The van der Waals surface area contributed by atoms with Crippen molar-refractivity contribution in [3.05, 3.63) is 35.6 Å². The minimum absolute atomic E-state index is 0.127. The van der Waals surface area contributed by atoms with Gasteiger partial charge in [-0.1, -0.05) is 18.2 Å². The number of nitrogens with one attached hydrogen (secondary N) is 1. The Morgan fingerprint density at radius 3 is 2.69 bits per heavy atom. The van der Waals surface area contributed by atoms with Gasteiger partial charge in [-0.2, -0.15) is 0 Å². The standard InChI is InChI=1S/C12H18FNO2/c1-14-12(9-16-8-7-15-2)10-5-3-4-6-11(10)13/h3-6,12,14H,7-9H2,1-2H3. The van der Waals surface area contributed by atoms with Crippen molar-refractivity contribution < 1.29 is 13.9 Å². The Labute approximate surface area is 95.6 Å². The molecule has 16 heavy (non-hydrogen) atoms. The zero-order valence-corrected chi connectivity index (χ0v) is 9.70. The Morgan fingerprint density at radius 1 is 1.31 bits per heavy atom. The van der Waals surface area contributed by atoms with Crippen molar-refractivity contribution in [2.75, 3.05) is 34.0 Å². The molecule has 0 spiro atoms. The van der Waals surface area contributed by atoms with Crippen molar-refractivity contribution in [1.29, 1.82) is 0 Å². The van der Waals surface area contributed by atoms with Gasteiger partial charge in [0.25, 0.3) is 0 Å². The van der Waals surface area contributed by atoms with Gasteiger partial charge in [-0.3, -0.25) is 0 Å². The van der Waals surface area contributed by atoms with Crippen molar-refractivity contribution in [1.82, 2.24) is 5.32 Å². The van der Waals surface area contributed by atoms with E-state index in [1.54, 1.807) is 26.3 Å². The molecule has 0 radical (unpaired) electrons. The SMILES string of the molecule is CNC(COCCOC)c1ccccc1F. The van der Waals surface area contributed by atoms with Crippen LogP contribution in [0.5, 0.6) is 0 Å². The maximum Gasteiger partial charge on any atom is 0.128 e. The monoisotopic (exact) mass is 227 g/mol. The fourth-order valence-electron chi connectivity index (χ4n) is 1.43. The second kappa shape index (κ2) is 7.33. The van der Waals surface area contributed by atoms with E-state index >= 15 is 0 Å². The van der Waals surface area contributed by atoms with E-state index in [1.807, 2.05) is 6.07 Å². The first-order valence-corrected chi connectivity index (χ1v) is 5.28. The van der Waals surface area contributed by atoms with Gasteiger partial charge in [0.15, 0.2) is 0 Å². The highest BCUT2D eigenvalue weighted by Gasteiger charge is 2.13. The van der Waals surface area contributed by atoms with Crippen LogP contribution in [0.1, 0.15) is 11.6 Å². The van der Waals surface area contributed by atoms with Crippen molar-refractivity contribution >= 4 is 0 Å². The first-order chi connectivity index (χ1) is 7.79. The zero-order chi connectivity index (χ0) is 11.8. The van der Waals surface area contributed by atoms with Crippen molar-refractivity contribution in [3.63, 3.8) is 0 Å². The summed E-state index contributed by atoms with van der Waals surface area (Å²) in [6.45, 7) is 1.50. The molecular weight excluding hydrogens is 209 g/mol. The fourth-order valence-corrected chi connectivity index (χ4v) is 1.43. The van der Waals surface area contributed by atoms with Crippen LogP contribution in [0.3, 0.4) is 0 Å². The minimum Gasteiger partial charge on any atom is -0.382 e. The molecule has 3 nitrogen and oxygen atoms in total. The summed E-state index contributed by atoms with van der Waals surface area (Å²) in [4.78, 5) is 0. The smallest absolute Gasteiger partial charge is 0.128 e. The molecule has 1 aromatic carbocycles. The van der Waals surface area contributed by atoms with Gasteiger partial charge in [0, 0.05) is 12.7 Å². The highest BCUT2D eigenvalue weighted by atomic mass is 19.1. The average Bonchev–Trinajstić information content (AvgIpc) is 2.31. The number of benzene rings is 1. The Morgan fingerprint density at radius 2 is 2.06 bits per heavy atom. The second-order valence-corrected chi connectivity index (χ2v) is 3.43. The number of methoxy groups -OCH3 is 1. The Kier molecular flexibility index (Phi) is 6.00. The summed E-state index contributed by atoms with van der Waals surface area (Å²) in [5.41, 5.74) is 0.627. The van der Waals surface area contributed by atoms with E-state index in [4.69, 9.17) is 9.47 Å². The number of rotatable bonds is 7. The molecule has 1 unspecified atom stereocenters. The number of hydrogen-bond donors (Lipinski definition) is 1. The lowest BCUT2D eigenvalue weighted by molar-refractivity contribution is 0.0591. The summed E-state index contributed by atoms with van der Waals surface area (Å²) < 4.78 is 23.7. The van der Waals surface area contributed by atoms with Crippen LogP contribution in [0.2, 0.25) is 0 Å². The number of halogens is 1. The normalized spacial score (nSPS) is 12.7. The lowest BCUT2D eigenvalue weighted by Crippen LogP contribution is -2.23. The lowest BCUT2D eigenvalue weighted by Gasteiger charge is -2.17. The molecule has 0 saturated carbocycles. The maximum atomic E-state index is 13.5. The summed E-state index contributed by atoms with van der Waals surface area (Å²) in [6.07, 6.45) is 0. The number of ether oxygens (including phenoxy) is 2. The van der Waals surface area contributed by atoms with Crippen LogP contribution in [0.4, 0.5) is 4.39 Å². The van der Waals surface area contributed by atoms with Gasteiger partial charge in [-0.25, -0.2) is 4.39 Å². The lowest BCUT2D eigenvalue weighted by atomic mass is 10.1. The summed E-state index contributed by atoms with van der Waals surface area (Å²) in [5, 5.41) is 3.03. The summed E-state index contributed by atoms with van der Waals surface area (Å²) in [5.74, 6) is -0.211. The second-order valence-electron chi connectivity index (χ2n) is 3.43. The quantitative estimate of drug-likeness (QED) is 0.720. The molecule has 1 rings (SSSR count). The third kappa shape index (κ3) is 3.89. The number of likely N-dealkylation sites (N-methyl/N-ethyl adjacent to an activating group) is 1. The van der Waals surface area contributed by atoms with Crippen molar-refractivity contribution in [2.24, 2.45) is 0 Å². The highest BCUT2D eigenvalue weighted by Crippen LogP contribution is 2.16. The molecule has 0 aliphatic carbocycles. The first-order valence-electron chi connectivity index (χ1n) is 5.28. The van der Waals surface area contributed by atoms with E-state index in [0.717, 1.165) is 0 Å². The van der Waals surface area contributed by atoms with Crippen LogP contribution >= 0.6 is 0 Å². The fraction of sp³-hybridized carbons (Fsp3) is 0.500. The van der Waals surface area contributed by atoms with E-state index in [9.17, 15) is 4.39 Å². The van der Waals surface area contributed by atoms with Gasteiger partial charge in [0.2, 0.25) is 0 Å². The largest absolute Gasteiger partial charge is 0.382 e. The van der Waals surface area contributed by atoms with Gasteiger partial charge in [0.05, 0.1) is 25.9 Å². The molecule has 0 aromatic heterocycles. The molecule has 0 aliphatic heterocycles. The van der Waals surface area contributed by atoms with E-state index in [1.165, 1.54) is 6.07 Å². The minimum atomic E-state index is -0.211.